The lowest BCUT2D eigenvalue weighted by atomic mass is 10.1. The van der Waals surface area contributed by atoms with E-state index >= 15 is 0 Å². The first-order valence-corrected chi connectivity index (χ1v) is 9.64. The molecule has 138 valence electrons. The normalized spacial score (nSPS) is 16.5. The van der Waals surface area contributed by atoms with Gasteiger partial charge in [-0.2, -0.15) is 0 Å². The predicted molar refractivity (Wildman–Crippen MR) is 104 cm³/mol. The van der Waals surface area contributed by atoms with Crippen molar-refractivity contribution in [3.63, 3.8) is 0 Å². The third kappa shape index (κ3) is 4.51. The second-order valence-corrected chi connectivity index (χ2v) is 7.80. The van der Waals surface area contributed by atoms with Gasteiger partial charge >= 0.3 is 0 Å². The van der Waals surface area contributed by atoms with Crippen LogP contribution in [0.5, 0.6) is 0 Å². The van der Waals surface area contributed by atoms with E-state index in [1.54, 1.807) is 19.0 Å². The molecule has 0 spiro atoms. The maximum Gasteiger partial charge on any atom is 0.263 e. The molecule has 1 aliphatic rings. The Kier molecular flexibility index (Phi) is 6.06. The molecule has 6 heteroatoms. The third-order valence-electron chi connectivity index (χ3n) is 4.52. The van der Waals surface area contributed by atoms with Gasteiger partial charge in [-0.25, -0.2) is 0 Å². The molecule has 0 bridgehead atoms. The van der Waals surface area contributed by atoms with Gasteiger partial charge in [-0.1, -0.05) is 12.1 Å². The first kappa shape index (κ1) is 18.6. The first-order chi connectivity index (χ1) is 12.5. The summed E-state index contributed by atoms with van der Waals surface area (Å²) < 4.78 is 5.35. The minimum Gasteiger partial charge on any atom is -0.381 e. The Morgan fingerprint density at radius 1 is 1.19 bits per heavy atom. The number of thiophene rings is 1. The molecule has 0 saturated carbocycles. The second-order valence-electron chi connectivity index (χ2n) is 6.72. The zero-order valence-electron chi connectivity index (χ0n) is 15.2. The summed E-state index contributed by atoms with van der Waals surface area (Å²) in [5.41, 5.74) is 1.66. The first-order valence-electron chi connectivity index (χ1n) is 8.82. The van der Waals surface area contributed by atoms with E-state index in [4.69, 9.17) is 4.74 Å². The zero-order chi connectivity index (χ0) is 18.5. The van der Waals surface area contributed by atoms with Crippen LogP contribution in [0.2, 0.25) is 0 Å². The number of hydrogen-bond donors (Lipinski definition) is 1. The summed E-state index contributed by atoms with van der Waals surface area (Å²) >= 11 is 1.46. The lowest BCUT2D eigenvalue weighted by Crippen LogP contribution is -2.26. The SMILES string of the molecule is CN(C)C(=O)c1ccc(-c2ccc(C(=O)NCC[C@@H]3CCOC3)cc2)s1. The fraction of sp³-hybridized carbons (Fsp3) is 0.400. The van der Waals surface area contributed by atoms with Gasteiger partial charge in [0.2, 0.25) is 0 Å². The maximum atomic E-state index is 12.2. The van der Waals surface area contributed by atoms with Crippen molar-refractivity contribution in [3.05, 3.63) is 46.8 Å². The highest BCUT2D eigenvalue weighted by Crippen LogP contribution is 2.29. The van der Waals surface area contributed by atoms with E-state index in [0.29, 0.717) is 22.9 Å². The van der Waals surface area contributed by atoms with Crippen LogP contribution in [-0.4, -0.2) is 50.6 Å². The summed E-state index contributed by atoms with van der Waals surface area (Å²) in [5, 5.41) is 2.97. The Balaban J connectivity index is 1.57. The average molecular weight is 372 g/mol. The average Bonchev–Trinajstić information content (AvgIpc) is 3.33. The molecule has 1 saturated heterocycles. The fourth-order valence-corrected chi connectivity index (χ4v) is 3.95. The lowest BCUT2D eigenvalue weighted by Gasteiger charge is -2.09. The lowest BCUT2D eigenvalue weighted by molar-refractivity contribution is 0.0831. The van der Waals surface area contributed by atoms with Crippen LogP contribution in [0.4, 0.5) is 0 Å². The maximum absolute atomic E-state index is 12.2. The number of nitrogens with one attached hydrogen (secondary N) is 1. The smallest absolute Gasteiger partial charge is 0.263 e. The highest BCUT2D eigenvalue weighted by Gasteiger charge is 2.16. The van der Waals surface area contributed by atoms with Gasteiger partial charge in [-0.05, 0) is 48.6 Å². The predicted octanol–water partition coefficient (Wildman–Crippen LogP) is 3.27. The van der Waals surface area contributed by atoms with Crippen molar-refractivity contribution in [2.45, 2.75) is 12.8 Å². The monoisotopic (exact) mass is 372 g/mol. The van der Waals surface area contributed by atoms with Crippen molar-refractivity contribution in [3.8, 4) is 10.4 Å². The van der Waals surface area contributed by atoms with E-state index in [9.17, 15) is 9.59 Å². The van der Waals surface area contributed by atoms with Crippen molar-refractivity contribution in [1.82, 2.24) is 10.2 Å². The molecular formula is C20H24N2O3S. The molecule has 26 heavy (non-hydrogen) atoms. The minimum absolute atomic E-state index is 0.00455. The molecule has 1 fully saturated rings. The van der Waals surface area contributed by atoms with E-state index in [-0.39, 0.29) is 11.8 Å². The molecule has 5 nitrogen and oxygen atoms in total. The number of amides is 2. The Bertz CT molecular complexity index is 762. The Morgan fingerprint density at radius 3 is 2.62 bits per heavy atom. The number of ether oxygens (including phenoxy) is 1. The summed E-state index contributed by atoms with van der Waals surface area (Å²) in [7, 11) is 3.49. The molecule has 0 radical (unpaired) electrons. The second kappa shape index (κ2) is 8.47. The van der Waals surface area contributed by atoms with Crippen molar-refractivity contribution in [2.24, 2.45) is 5.92 Å². The van der Waals surface area contributed by atoms with E-state index in [1.807, 2.05) is 36.4 Å². The quantitative estimate of drug-likeness (QED) is 0.847. The van der Waals surface area contributed by atoms with Gasteiger partial charge in [0.1, 0.15) is 0 Å². The van der Waals surface area contributed by atoms with Gasteiger partial charge in [-0.15, -0.1) is 11.3 Å². The molecule has 2 amide bonds. The summed E-state index contributed by atoms with van der Waals surface area (Å²) in [6, 6.07) is 11.3. The van der Waals surface area contributed by atoms with Gasteiger partial charge in [0, 0.05) is 44.3 Å². The van der Waals surface area contributed by atoms with Crippen LogP contribution >= 0.6 is 11.3 Å². The van der Waals surface area contributed by atoms with Crippen LogP contribution in [0, 0.1) is 5.92 Å². The number of benzene rings is 1. The summed E-state index contributed by atoms with van der Waals surface area (Å²) in [6.07, 6.45) is 2.05. The highest BCUT2D eigenvalue weighted by molar-refractivity contribution is 7.17. The van der Waals surface area contributed by atoms with Gasteiger partial charge in [-0.3, -0.25) is 9.59 Å². The Hall–Kier alpha value is -2.18. The van der Waals surface area contributed by atoms with Crippen LogP contribution in [0.3, 0.4) is 0 Å². The van der Waals surface area contributed by atoms with Crippen molar-refractivity contribution in [1.29, 1.82) is 0 Å². The van der Waals surface area contributed by atoms with E-state index in [2.05, 4.69) is 5.32 Å². The number of carbonyl (C=O) groups is 2. The topological polar surface area (TPSA) is 58.6 Å². The summed E-state index contributed by atoms with van der Waals surface area (Å²) in [6.45, 7) is 2.32. The summed E-state index contributed by atoms with van der Waals surface area (Å²) in [5.74, 6) is 0.519. The molecule has 0 unspecified atom stereocenters. The van der Waals surface area contributed by atoms with E-state index < -0.39 is 0 Å². The molecule has 1 atom stereocenters. The molecule has 0 aliphatic carbocycles. The van der Waals surface area contributed by atoms with Crippen molar-refractivity contribution < 1.29 is 14.3 Å². The zero-order valence-corrected chi connectivity index (χ0v) is 16.0. The molecule has 1 aliphatic heterocycles. The number of hydrogen-bond acceptors (Lipinski definition) is 4. The molecule has 1 N–H and O–H groups in total. The van der Waals surface area contributed by atoms with Gasteiger partial charge in [0.15, 0.2) is 0 Å². The molecule has 2 aromatic rings. The van der Waals surface area contributed by atoms with E-state index in [1.165, 1.54) is 11.3 Å². The van der Waals surface area contributed by atoms with Gasteiger partial charge < -0.3 is 15.0 Å². The number of carbonyl (C=O) groups excluding carboxylic acids is 2. The number of rotatable bonds is 6. The largest absolute Gasteiger partial charge is 0.381 e. The molecule has 3 rings (SSSR count). The van der Waals surface area contributed by atoms with Crippen LogP contribution in [0.25, 0.3) is 10.4 Å². The van der Waals surface area contributed by atoms with E-state index in [0.717, 1.165) is 36.5 Å². The summed E-state index contributed by atoms with van der Waals surface area (Å²) in [4.78, 5) is 27.5. The van der Waals surface area contributed by atoms with Gasteiger partial charge in [0.05, 0.1) is 4.88 Å². The number of nitrogens with zero attached hydrogens (tertiary/aromatic N) is 1. The van der Waals surface area contributed by atoms with Crippen molar-refractivity contribution >= 4 is 23.2 Å². The van der Waals surface area contributed by atoms with Crippen LogP contribution in [-0.2, 0) is 4.74 Å². The van der Waals surface area contributed by atoms with Crippen molar-refractivity contribution in [2.75, 3.05) is 33.9 Å². The minimum atomic E-state index is -0.0508. The van der Waals surface area contributed by atoms with Crippen LogP contribution in [0.15, 0.2) is 36.4 Å². The fourth-order valence-electron chi connectivity index (χ4n) is 2.92. The molecule has 1 aromatic heterocycles. The van der Waals surface area contributed by atoms with Gasteiger partial charge in [0.25, 0.3) is 11.8 Å². The molecular weight excluding hydrogens is 348 g/mol. The third-order valence-corrected chi connectivity index (χ3v) is 5.64. The molecule has 2 heterocycles. The highest BCUT2D eigenvalue weighted by atomic mass is 32.1. The Morgan fingerprint density at radius 2 is 1.96 bits per heavy atom. The van der Waals surface area contributed by atoms with Crippen LogP contribution < -0.4 is 5.32 Å². The van der Waals surface area contributed by atoms with Crippen LogP contribution in [0.1, 0.15) is 32.9 Å². The molecule has 1 aromatic carbocycles. The standard InChI is InChI=1S/C20H24N2O3S/c1-22(2)20(24)18-8-7-17(26-18)15-3-5-16(6-4-15)19(23)21-11-9-14-10-12-25-13-14/h3-8,14H,9-13H2,1-2H3,(H,21,23)/t14-/m1/s1. The Labute approximate surface area is 158 Å².